The first-order valence-electron chi connectivity index (χ1n) is 15.2. The largest absolute Gasteiger partial charge is 0.496 e. The number of hydrogen-bond donors (Lipinski definition) is 1. The Morgan fingerprint density at radius 1 is 0.880 bits per heavy atom. The molecule has 2 unspecified atom stereocenters. The molecule has 4 atom stereocenters. The molecule has 2 saturated heterocycles. The van der Waals surface area contributed by atoms with E-state index in [9.17, 15) is 45.4 Å². The molecule has 2 heterocycles. The molecule has 3 aliphatic rings. The fourth-order valence-electron chi connectivity index (χ4n) is 7.64. The number of carboxylic acids is 1. The predicted molar refractivity (Wildman–Crippen MR) is 161 cm³/mol. The molecule has 1 amide bonds. The van der Waals surface area contributed by atoms with Crippen LogP contribution in [-0.2, 0) is 17.1 Å². The van der Waals surface area contributed by atoms with Gasteiger partial charge in [0.15, 0.2) is 6.10 Å². The molecular formula is C36H25F8NO5. The number of alkyl halides is 6. The number of carbonyl (C=O) groups excluding carboxylic acids is 1. The maximum absolute atomic E-state index is 15.6. The number of benzene rings is 4. The monoisotopic (exact) mass is 703 g/mol. The van der Waals surface area contributed by atoms with Crippen LogP contribution in [0, 0.1) is 24.5 Å². The maximum atomic E-state index is 15.6. The molecule has 260 valence electrons. The van der Waals surface area contributed by atoms with Gasteiger partial charge in [-0.25, -0.2) is 18.4 Å². The van der Waals surface area contributed by atoms with Crippen molar-refractivity contribution < 1.29 is 59.3 Å². The Bertz CT molecular complexity index is 2090. The number of aromatic carboxylic acids is 1. The van der Waals surface area contributed by atoms with Gasteiger partial charge < -0.3 is 14.6 Å². The van der Waals surface area contributed by atoms with Crippen LogP contribution in [0.3, 0.4) is 0 Å². The standard InChI is InChI=1S/C36H25F8NO5/c1-16-7-17(32(46)47)3-5-23(16)25-13-27(30(49-2)14-28(25)38)24-6-4-19(35(39,40)41)11-26(24)29-12-21-15-34(21)31(50-33(48)45(29)34)18-8-20(36(42,43)44)10-22(37)9-18/h3-11,13-14,21,29,31H,12,15H2,1-2H3,(H,46,47)/t21?,29-,31+,34?/m0/s1. The number of methoxy groups -OCH3 is 1. The Balaban J connectivity index is 1.37. The number of rotatable bonds is 6. The lowest BCUT2D eigenvalue weighted by Gasteiger charge is -2.29. The summed E-state index contributed by atoms with van der Waals surface area (Å²) in [6.45, 7) is 1.57. The summed E-state index contributed by atoms with van der Waals surface area (Å²) in [6.07, 6.45) is -11.6. The van der Waals surface area contributed by atoms with Crippen LogP contribution in [0.25, 0.3) is 22.3 Å². The van der Waals surface area contributed by atoms with Crippen molar-refractivity contribution in [1.82, 2.24) is 4.90 Å². The summed E-state index contributed by atoms with van der Waals surface area (Å²) < 4.78 is 124. The van der Waals surface area contributed by atoms with Gasteiger partial charge in [0.2, 0.25) is 0 Å². The molecule has 1 N–H and O–H groups in total. The Kier molecular flexibility index (Phi) is 7.47. The van der Waals surface area contributed by atoms with Crippen molar-refractivity contribution in [2.75, 3.05) is 7.11 Å². The van der Waals surface area contributed by atoms with E-state index in [1.807, 2.05) is 0 Å². The second-order valence-electron chi connectivity index (χ2n) is 12.7. The highest BCUT2D eigenvalue weighted by Gasteiger charge is 2.76. The number of cyclic esters (lactones) is 1. The Morgan fingerprint density at radius 2 is 1.58 bits per heavy atom. The zero-order valence-electron chi connectivity index (χ0n) is 26.0. The number of hydrogen-bond acceptors (Lipinski definition) is 4. The van der Waals surface area contributed by atoms with E-state index in [1.54, 1.807) is 6.92 Å². The number of carbonyl (C=O) groups is 2. The van der Waals surface area contributed by atoms with Crippen molar-refractivity contribution in [3.8, 4) is 28.0 Å². The smallest absolute Gasteiger partial charge is 0.416 e. The average molecular weight is 704 g/mol. The van der Waals surface area contributed by atoms with Gasteiger partial charge in [-0.15, -0.1) is 0 Å². The number of nitrogens with zero attached hydrogens (tertiary/aromatic N) is 1. The molecule has 1 saturated carbocycles. The number of carboxylic acid groups (broad SMARTS) is 1. The molecule has 50 heavy (non-hydrogen) atoms. The first-order chi connectivity index (χ1) is 23.4. The van der Waals surface area contributed by atoms with Crippen molar-refractivity contribution >= 4 is 12.1 Å². The van der Waals surface area contributed by atoms with E-state index in [4.69, 9.17) is 9.47 Å². The molecular weight excluding hydrogens is 678 g/mol. The molecule has 6 nitrogen and oxygen atoms in total. The summed E-state index contributed by atoms with van der Waals surface area (Å²) in [5.74, 6) is -3.60. The van der Waals surface area contributed by atoms with E-state index in [1.165, 1.54) is 42.3 Å². The van der Waals surface area contributed by atoms with Gasteiger partial charge in [-0.2, -0.15) is 26.3 Å². The molecule has 1 aliphatic carbocycles. The number of piperidine rings is 1. The second kappa shape index (κ2) is 11.2. The average Bonchev–Trinajstić information content (AvgIpc) is 3.52. The first kappa shape index (κ1) is 33.4. The third kappa shape index (κ3) is 5.23. The normalized spacial score (nSPS) is 22.6. The second-order valence-corrected chi connectivity index (χ2v) is 12.7. The molecule has 2 aliphatic heterocycles. The van der Waals surface area contributed by atoms with E-state index in [0.29, 0.717) is 23.3 Å². The lowest BCUT2D eigenvalue weighted by atomic mass is 9.88. The lowest BCUT2D eigenvalue weighted by molar-refractivity contribution is -0.138. The fourth-order valence-corrected chi connectivity index (χ4v) is 7.64. The lowest BCUT2D eigenvalue weighted by Crippen LogP contribution is -2.36. The van der Waals surface area contributed by atoms with Crippen molar-refractivity contribution in [3.63, 3.8) is 0 Å². The van der Waals surface area contributed by atoms with E-state index in [-0.39, 0.29) is 52.0 Å². The molecule has 4 aromatic carbocycles. The van der Waals surface area contributed by atoms with Crippen LogP contribution in [0.15, 0.2) is 66.7 Å². The van der Waals surface area contributed by atoms with E-state index < -0.39 is 70.8 Å². The van der Waals surface area contributed by atoms with Gasteiger partial charge in [-0.05, 0) is 102 Å². The number of halogens is 8. The number of aryl methyl sites for hydroxylation is 1. The van der Waals surface area contributed by atoms with Crippen LogP contribution in [-0.4, -0.2) is 34.7 Å². The molecule has 0 aromatic heterocycles. The summed E-state index contributed by atoms with van der Waals surface area (Å²) in [4.78, 5) is 26.2. The third-order valence-electron chi connectivity index (χ3n) is 9.89. The van der Waals surface area contributed by atoms with Crippen molar-refractivity contribution in [2.24, 2.45) is 5.92 Å². The summed E-state index contributed by atoms with van der Waals surface area (Å²) in [7, 11) is 1.24. The summed E-state index contributed by atoms with van der Waals surface area (Å²) in [6, 6.07) is 10.1. The van der Waals surface area contributed by atoms with E-state index >= 15 is 4.39 Å². The number of ether oxygens (including phenoxy) is 2. The minimum absolute atomic E-state index is 0.000884. The quantitative estimate of drug-likeness (QED) is 0.203. The van der Waals surface area contributed by atoms with Crippen LogP contribution in [0.2, 0.25) is 0 Å². The van der Waals surface area contributed by atoms with Crippen LogP contribution >= 0.6 is 0 Å². The zero-order valence-corrected chi connectivity index (χ0v) is 26.0. The van der Waals surface area contributed by atoms with Gasteiger partial charge >= 0.3 is 24.4 Å². The summed E-state index contributed by atoms with van der Waals surface area (Å²) in [5.41, 5.74) is -2.79. The van der Waals surface area contributed by atoms with Crippen molar-refractivity contribution in [1.29, 1.82) is 0 Å². The highest BCUT2D eigenvalue weighted by Crippen LogP contribution is 2.71. The van der Waals surface area contributed by atoms with Gasteiger partial charge in [-0.3, -0.25) is 4.90 Å². The van der Waals surface area contributed by atoms with E-state index in [0.717, 1.165) is 24.3 Å². The minimum atomic E-state index is -4.89. The summed E-state index contributed by atoms with van der Waals surface area (Å²) in [5, 5.41) is 9.37. The minimum Gasteiger partial charge on any atom is -0.496 e. The van der Waals surface area contributed by atoms with E-state index in [2.05, 4.69) is 0 Å². The molecule has 1 spiro atoms. The van der Waals surface area contributed by atoms with Gasteiger partial charge in [0, 0.05) is 17.2 Å². The van der Waals surface area contributed by atoms with Crippen LogP contribution in [0.5, 0.6) is 5.75 Å². The number of amides is 1. The van der Waals surface area contributed by atoms with Gasteiger partial charge in [0.1, 0.15) is 17.4 Å². The van der Waals surface area contributed by atoms with Crippen LogP contribution in [0.1, 0.15) is 63.2 Å². The van der Waals surface area contributed by atoms with Gasteiger partial charge in [0.05, 0.1) is 35.4 Å². The third-order valence-corrected chi connectivity index (χ3v) is 9.89. The zero-order chi connectivity index (χ0) is 36.1. The Hall–Kier alpha value is -5.14. The molecule has 3 fully saturated rings. The highest BCUT2D eigenvalue weighted by atomic mass is 19.4. The topological polar surface area (TPSA) is 76.1 Å². The molecule has 0 radical (unpaired) electrons. The molecule has 0 bridgehead atoms. The molecule has 7 rings (SSSR count). The first-order valence-corrected chi connectivity index (χ1v) is 15.2. The Morgan fingerprint density at radius 3 is 2.22 bits per heavy atom. The van der Waals surface area contributed by atoms with Crippen molar-refractivity contribution in [3.05, 3.63) is 112 Å². The molecule has 14 heteroatoms. The van der Waals surface area contributed by atoms with Gasteiger partial charge in [-0.1, -0.05) is 12.1 Å². The van der Waals surface area contributed by atoms with Crippen molar-refractivity contribution in [2.45, 2.75) is 49.8 Å². The predicted octanol–water partition coefficient (Wildman–Crippen LogP) is 9.75. The molecule has 4 aromatic rings. The highest BCUT2D eigenvalue weighted by molar-refractivity contribution is 5.89. The summed E-state index contributed by atoms with van der Waals surface area (Å²) >= 11 is 0. The SMILES string of the molecule is COc1cc(F)c(-c2ccc(C(=O)O)cc2C)cc1-c1ccc(C(F)(F)F)cc1[C@@H]1CC2CC23[C@@H](c2cc(F)cc(C(F)(F)F)c2)OC(=O)N13. The van der Waals surface area contributed by atoms with Crippen LogP contribution < -0.4 is 4.74 Å². The Labute approximate surface area is 278 Å². The van der Waals surface area contributed by atoms with Crippen LogP contribution in [0.4, 0.5) is 39.9 Å². The fraction of sp³-hybridized carbons (Fsp3) is 0.278. The van der Waals surface area contributed by atoms with Gasteiger partial charge in [0.25, 0.3) is 0 Å². The maximum Gasteiger partial charge on any atom is 0.416 e.